The molecule has 0 N–H and O–H groups in total. The van der Waals surface area contributed by atoms with Crippen LogP contribution < -0.4 is 14.5 Å². The Hall–Kier alpha value is -3.49. The molecule has 1 aliphatic heterocycles. The molecule has 4 rings (SSSR count). The van der Waals surface area contributed by atoms with Crippen molar-refractivity contribution in [1.82, 2.24) is 9.78 Å². The van der Waals surface area contributed by atoms with Crippen LogP contribution in [0.25, 0.3) is 0 Å². The second-order valence-electron chi connectivity index (χ2n) is 6.97. The summed E-state index contributed by atoms with van der Waals surface area (Å²) >= 11 is 0. The molecule has 30 heavy (non-hydrogen) atoms. The van der Waals surface area contributed by atoms with E-state index in [0.29, 0.717) is 24.4 Å². The number of halogens is 3. The molecule has 3 aromatic rings. The minimum absolute atomic E-state index is 0.0285. The van der Waals surface area contributed by atoms with Crippen molar-refractivity contribution in [3.05, 3.63) is 71.3 Å². The van der Waals surface area contributed by atoms with Gasteiger partial charge in [-0.05, 0) is 30.3 Å². The molecule has 156 valence electrons. The van der Waals surface area contributed by atoms with Crippen LogP contribution in [0, 0.1) is 17.5 Å². The Morgan fingerprint density at radius 1 is 1.07 bits per heavy atom. The molecule has 0 saturated heterocycles. The Balaban J connectivity index is 1.56. The fourth-order valence-corrected chi connectivity index (χ4v) is 3.50. The van der Waals surface area contributed by atoms with Gasteiger partial charge < -0.3 is 9.64 Å². The topological polar surface area (TPSA) is 50.6 Å². The first-order valence-electron chi connectivity index (χ1n) is 9.25. The fourth-order valence-electron chi connectivity index (χ4n) is 3.50. The van der Waals surface area contributed by atoms with E-state index in [1.165, 1.54) is 4.68 Å². The molecule has 0 saturated carbocycles. The molecular formula is C21H19F3N4O2. The number of carbonyl (C=O) groups is 1. The number of benzene rings is 2. The van der Waals surface area contributed by atoms with Crippen molar-refractivity contribution in [3.8, 4) is 5.75 Å². The zero-order chi connectivity index (χ0) is 21.4. The maximum absolute atomic E-state index is 14.2. The number of amides is 1. The molecule has 9 heteroatoms. The van der Waals surface area contributed by atoms with Gasteiger partial charge in [-0.2, -0.15) is 5.10 Å². The van der Waals surface area contributed by atoms with Crippen molar-refractivity contribution in [2.75, 3.05) is 30.5 Å². The van der Waals surface area contributed by atoms with Crippen molar-refractivity contribution in [1.29, 1.82) is 0 Å². The average molecular weight is 416 g/mol. The monoisotopic (exact) mass is 416 g/mol. The molecule has 1 aromatic heterocycles. The highest BCUT2D eigenvalue weighted by atomic mass is 19.1. The highest BCUT2D eigenvalue weighted by Crippen LogP contribution is 2.28. The van der Waals surface area contributed by atoms with Crippen molar-refractivity contribution in [3.63, 3.8) is 0 Å². The molecule has 2 heterocycles. The van der Waals surface area contributed by atoms with Gasteiger partial charge in [0.2, 0.25) is 0 Å². The number of methoxy groups -OCH3 is 1. The Bertz CT molecular complexity index is 1080. The summed E-state index contributed by atoms with van der Waals surface area (Å²) in [5, 5.41) is 4.44. The van der Waals surface area contributed by atoms with Gasteiger partial charge in [0, 0.05) is 31.4 Å². The van der Waals surface area contributed by atoms with E-state index in [1.807, 2.05) is 36.2 Å². The number of anilines is 2. The number of nitrogens with zero attached hydrogens (tertiary/aromatic N) is 4. The van der Waals surface area contributed by atoms with Gasteiger partial charge in [-0.1, -0.05) is 0 Å². The summed E-state index contributed by atoms with van der Waals surface area (Å²) in [6, 6.07) is 10.2. The molecular weight excluding hydrogens is 397 g/mol. The van der Waals surface area contributed by atoms with Gasteiger partial charge in [0.1, 0.15) is 22.9 Å². The predicted molar refractivity (Wildman–Crippen MR) is 105 cm³/mol. The Morgan fingerprint density at radius 3 is 2.37 bits per heavy atom. The molecule has 6 nitrogen and oxygen atoms in total. The third-order valence-corrected chi connectivity index (χ3v) is 4.99. The SMILES string of the molecule is COc1ccc(N(C)Cc2cc3n(n2)CCN(c2c(F)cc(F)cc2F)C3=O)cc1. The molecule has 1 amide bonds. The highest BCUT2D eigenvalue weighted by Gasteiger charge is 2.31. The van der Waals surface area contributed by atoms with Crippen LogP contribution in [0.3, 0.4) is 0 Å². The van der Waals surface area contributed by atoms with Gasteiger partial charge in [-0.3, -0.25) is 14.4 Å². The molecule has 0 unspecified atom stereocenters. The van der Waals surface area contributed by atoms with Crippen molar-refractivity contribution < 1.29 is 22.7 Å². The summed E-state index contributed by atoms with van der Waals surface area (Å²) in [6.45, 7) is 0.725. The maximum Gasteiger partial charge on any atom is 0.276 e. The van der Waals surface area contributed by atoms with Gasteiger partial charge >= 0.3 is 0 Å². The van der Waals surface area contributed by atoms with Crippen LogP contribution in [0.1, 0.15) is 16.2 Å². The van der Waals surface area contributed by atoms with Crippen LogP contribution in [-0.2, 0) is 13.1 Å². The number of ether oxygens (including phenoxy) is 1. The van der Waals surface area contributed by atoms with Crippen molar-refractivity contribution in [2.24, 2.45) is 0 Å². The van der Waals surface area contributed by atoms with E-state index >= 15 is 0 Å². The summed E-state index contributed by atoms with van der Waals surface area (Å²) in [5.74, 6) is -3.11. The first-order valence-corrected chi connectivity index (χ1v) is 9.25. The van der Waals surface area contributed by atoms with E-state index in [0.717, 1.165) is 16.3 Å². The number of carbonyl (C=O) groups excluding carboxylic acids is 1. The minimum atomic E-state index is -1.12. The largest absolute Gasteiger partial charge is 0.497 e. The van der Waals surface area contributed by atoms with Gasteiger partial charge in [-0.25, -0.2) is 13.2 Å². The Morgan fingerprint density at radius 2 is 1.73 bits per heavy atom. The number of hydrogen-bond acceptors (Lipinski definition) is 4. The number of rotatable bonds is 5. The van der Waals surface area contributed by atoms with Crippen LogP contribution >= 0.6 is 0 Å². The number of hydrogen-bond donors (Lipinski definition) is 0. The van der Waals surface area contributed by atoms with Crippen LogP contribution in [-0.4, -0.2) is 36.4 Å². The second kappa shape index (κ2) is 7.74. The van der Waals surface area contributed by atoms with Crippen LogP contribution in [0.4, 0.5) is 24.5 Å². The predicted octanol–water partition coefficient (Wildman–Crippen LogP) is 3.61. The third-order valence-electron chi connectivity index (χ3n) is 4.99. The quantitative estimate of drug-likeness (QED) is 0.638. The average Bonchev–Trinajstić information content (AvgIpc) is 3.12. The molecule has 2 aromatic carbocycles. The van der Waals surface area contributed by atoms with E-state index in [4.69, 9.17) is 4.74 Å². The zero-order valence-corrected chi connectivity index (χ0v) is 16.4. The molecule has 0 aliphatic carbocycles. The van der Waals surface area contributed by atoms with Gasteiger partial charge in [0.25, 0.3) is 5.91 Å². The molecule has 0 radical (unpaired) electrons. The summed E-state index contributed by atoms with van der Waals surface area (Å²) < 4.78 is 48.2. The molecule has 0 bridgehead atoms. The Labute approximate surface area is 171 Å². The lowest BCUT2D eigenvalue weighted by molar-refractivity contribution is 0.0960. The first kappa shape index (κ1) is 19.8. The smallest absolute Gasteiger partial charge is 0.276 e. The van der Waals surface area contributed by atoms with Gasteiger partial charge in [-0.15, -0.1) is 0 Å². The summed E-state index contributed by atoms with van der Waals surface area (Å²) in [5.41, 5.74) is 1.25. The van der Waals surface area contributed by atoms with Crippen LogP contribution in [0.15, 0.2) is 42.5 Å². The summed E-state index contributed by atoms with van der Waals surface area (Å²) in [6.07, 6.45) is 0. The normalized spacial score (nSPS) is 13.4. The first-order chi connectivity index (χ1) is 14.4. The standard InChI is InChI=1S/C21H19F3N4O2/c1-26(15-3-5-16(30-2)6-4-15)12-14-11-19-21(29)27(7-8-28(19)25-14)20-17(23)9-13(22)10-18(20)24/h3-6,9-11H,7-8,12H2,1-2H3. The lowest BCUT2D eigenvalue weighted by atomic mass is 10.2. The van der Waals surface area contributed by atoms with Crippen molar-refractivity contribution >= 4 is 17.3 Å². The summed E-state index contributed by atoms with van der Waals surface area (Å²) in [7, 11) is 3.48. The number of aromatic nitrogens is 2. The minimum Gasteiger partial charge on any atom is -0.497 e. The molecule has 1 aliphatic rings. The van der Waals surface area contributed by atoms with Crippen LogP contribution in [0.5, 0.6) is 5.75 Å². The fraction of sp³-hybridized carbons (Fsp3) is 0.238. The van der Waals surface area contributed by atoms with E-state index in [2.05, 4.69) is 5.10 Å². The third kappa shape index (κ3) is 3.58. The van der Waals surface area contributed by atoms with Crippen LogP contribution in [0.2, 0.25) is 0 Å². The maximum atomic E-state index is 14.2. The molecule has 0 fully saturated rings. The second-order valence-corrected chi connectivity index (χ2v) is 6.97. The van der Waals surface area contributed by atoms with E-state index in [-0.39, 0.29) is 18.8 Å². The lowest BCUT2D eigenvalue weighted by Crippen LogP contribution is -2.41. The molecule has 0 spiro atoms. The van der Waals surface area contributed by atoms with Gasteiger partial charge in [0.15, 0.2) is 11.6 Å². The lowest BCUT2D eigenvalue weighted by Gasteiger charge is -2.28. The zero-order valence-electron chi connectivity index (χ0n) is 16.4. The Kier molecular flexibility index (Phi) is 5.11. The summed E-state index contributed by atoms with van der Waals surface area (Å²) in [4.78, 5) is 15.8. The van der Waals surface area contributed by atoms with E-state index in [1.54, 1.807) is 13.2 Å². The van der Waals surface area contributed by atoms with Crippen molar-refractivity contribution in [2.45, 2.75) is 13.1 Å². The van der Waals surface area contributed by atoms with E-state index < -0.39 is 29.0 Å². The number of fused-ring (bicyclic) bond motifs is 1. The van der Waals surface area contributed by atoms with Gasteiger partial charge in [0.05, 0.1) is 25.9 Å². The molecule has 0 atom stereocenters. The van der Waals surface area contributed by atoms with E-state index in [9.17, 15) is 18.0 Å². The highest BCUT2D eigenvalue weighted by molar-refractivity contribution is 6.05.